The van der Waals surface area contributed by atoms with E-state index in [4.69, 9.17) is 0 Å². The van der Waals surface area contributed by atoms with Crippen molar-refractivity contribution in [3.05, 3.63) is 63.7 Å². The van der Waals surface area contributed by atoms with Crippen molar-refractivity contribution >= 4 is 33.5 Å². The minimum atomic E-state index is -0.416. The van der Waals surface area contributed by atoms with Gasteiger partial charge in [0.05, 0.1) is 10.6 Å². The summed E-state index contributed by atoms with van der Waals surface area (Å²) in [6, 6.07) is 10.4. The Morgan fingerprint density at radius 1 is 1.24 bits per heavy atom. The lowest BCUT2D eigenvalue weighted by Crippen LogP contribution is -1.96. The van der Waals surface area contributed by atoms with Crippen LogP contribution in [0.5, 0.6) is 0 Å². The number of aryl methyl sites for hydroxylation is 1. The van der Waals surface area contributed by atoms with E-state index in [0.717, 1.165) is 11.2 Å². The van der Waals surface area contributed by atoms with Crippen molar-refractivity contribution in [3.8, 4) is 11.5 Å². The second kappa shape index (κ2) is 5.95. The Kier molecular flexibility index (Phi) is 3.62. The molecular formula is C16H12N6O2S. The highest BCUT2D eigenvalue weighted by Crippen LogP contribution is 2.29. The van der Waals surface area contributed by atoms with Gasteiger partial charge in [-0.15, -0.1) is 21.5 Å². The van der Waals surface area contributed by atoms with E-state index in [1.165, 1.54) is 23.5 Å². The third-order valence-electron chi connectivity index (χ3n) is 3.72. The van der Waals surface area contributed by atoms with E-state index >= 15 is 0 Å². The van der Waals surface area contributed by atoms with Gasteiger partial charge in [-0.1, -0.05) is 12.1 Å². The van der Waals surface area contributed by atoms with Crippen molar-refractivity contribution in [2.45, 2.75) is 6.92 Å². The molecule has 0 spiro atoms. The summed E-state index contributed by atoms with van der Waals surface area (Å²) in [4.78, 5) is 15.1. The van der Waals surface area contributed by atoms with Crippen molar-refractivity contribution in [2.75, 3.05) is 5.32 Å². The molecule has 9 heteroatoms. The van der Waals surface area contributed by atoms with Crippen LogP contribution in [-0.4, -0.2) is 24.5 Å². The molecule has 124 valence electrons. The van der Waals surface area contributed by atoms with Gasteiger partial charge in [-0.3, -0.25) is 14.5 Å². The number of nitrogens with zero attached hydrogens (tertiary/aromatic N) is 5. The Morgan fingerprint density at radius 2 is 2.12 bits per heavy atom. The van der Waals surface area contributed by atoms with Gasteiger partial charge >= 0.3 is 0 Å². The lowest BCUT2D eigenvalue weighted by Gasteiger charge is -2.06. The highest BCUT2D eigenvalue weighted by molar-refractivity contribution is 7.14. The number of nitro groups is 1. The fourth-order valence-corrected chi connectivity index (χ4v) is 3.12. The SMILES string of the molecule is Cc1ccc([N+](=O)[O-])cc1Nc1nc(-c2nnc3ccccn23)cs1. The number of nitrogens with one attached hydrogen (secondary N) is 1. The molecule has 4 rings (SSSR count). The number of rotatable bonds is 4. The van der Waals surface area contributed by atoms with E-state index in [0.29, 0.717) is 22.3 Å². The molecule has 0 atom stereocenters. The highest BCUT2D eigenvalue weighted by atomic mass is 32.1. The number of non-ortho nitro benzene ring substituents is 1. The van der Waals surface area contributed by atoms with E-state index in [9.17, 15) is 10.1 Å². The van der Waals surface area contributed by atoms with Crippen LogP contribution < -0.4 is 5.32 Å². The molecule has 0 saturated heterocycles. The maximum Gasteiger partial charge on any atom is 0.271 e. The summed E-state index contributed by atoms with van der Waals surface area (Å²) in [5, 5.41) is 24.9. The van der Waals surface area contributed by atoms with Gasteiger partial charge in [-0.2, -0.15) is 0 Å². The predicted octanol–water partition coefficient (Wildman–Crippen LogP) is 3.81. The molecule has 0 bridgehead atoms. The summed E-state index contributed by atoms with van der Waals surface area (Å²) >= 11 is 1.40. The molecule has 3 heterocycles. The molecule has 0 aliphatic carbocycles. The fraction of sp³-hybridized carbons (Fsp3) is 0.0625. The Balaban J connectivity index is 1.66. The van der Waals surface area contributed by atoms with E-state index in [2.05, 4.69) is 20.5 Å². The topological polar surface area (TPSA) is 98.2 Å². The Labute approximate surface area is 145 Å². The smallest absolute Gasteiger partial charge is 0.271 e. The summed E-state index contributed by atoms with van der Waals surface area (Å²) in [7, 11) is 0. The zero-order valence-corrected chi connectivity index (χ0v) is 13.9. The molecule has 1 N–H and O–H groups in total. The lowest BCUT2D eigenvalue weighted by molar-refractivity contribution is -0.384. The summed E-state index contributed by atoms with van der Waals surface area (Å²) in [5.74, 6) is 0.649. The van der Waals surface area contributed by atoms with Gasteiger partial charge in [0.2, 0.25) is 0 Å². The zero-order chi connectivity index (χ0) is 17.4. The van der Waals surface area contributed by atoms with E-state index < -0.39 is 4.92 Å². The monoisotopic (exact) mass is 352 g/mol. The van der Waals surface area contributed by atoms with Crippen molar-refractivity contribution in [3.63, 3.8) is 0 Å². The third-order valence-corrected chi connectivity index (χ3v) is 4.48. The van der Waals surface area contributed by atoms with Gasteiger partial charge in [0.15, 0.2) is 16.6 Å². The summed E-state index contributed by atoms with van der Waals surface area (Å²) in [5.41, 5.74) is 3.02. The average molecular weight is 352 g/mol. The van der Waals surface area contributed by atoms with Crippen LogP contribution in [0.15, 0.2) is 48.0 Å². The van der Waals surface area contributed by atoms with Crippen LogP contribution in [0.2, 0.25) is 0 Å². The molecule has 0 radical (unpaired) electrons. The van der Waals surface area contributed by atoms with Crippen LogP contribution in [0.4, 0.5) is 16.5 Å². The zero-order valence-electron chi connectivity index (χ0n) is 13.1. The summed E-state index contributed by atoms with van der Waals surface area (Å²) < 4.78 is 1.86. The number of benzene rings is 1. The number of pyridine rings is 1. The molecule has 0 aliphatic heterocycles. The van der Waals surface area contributed by atoms with Crippen LogP contribution >= 0.6 is 11.3 Å². The van der Waals surface area contributed by atoms with Crippen LogP contribution in [0.3, 0.4) is 0 Å². The number of hydrogen-bond acceptors (Lipinski definition) is 7. The summed E-state index contributed by atoms with van der Waals surface area (Å²) in [6.45, 7) is 1.88. The number of fused-ring (bicyclic) bond motifs is 1. The molecule has 0 aliphatic rings. The summed E-state index contributed by atoms with van der Waals surface area (Å²) in [6.07, 6.45) is 1.88. The van der Waals surface area contributed by atoms with E-state index in [-0.39, 0.29) is 5.69 Å². The van der Waals surface area contributed by atoms with Gasteiger partial charge in [0.25, 0.3) is 5.69 Å². The van der Waals surface area contributed by atoms with Gasteiger partial charge in [-0.25, -0.2) is 4.98 Å². The fourth-order valence-electron chi connectivity index (χ4n) is 2.42. The number of anilines is 2. The molecule has 0 amide bonds. The van der Waals surface area contributed by atoms with Crippen molar-refractivity contribution in [1.82, 2.24) is 19.6 Å². The minimum Gasteiger partial charge on any atom is -0.331 e. The van der Waals surface area contributed by atoms with Gasteiger partial charge < -0.3 is 5.32 Å². The lowest BCUT2D eigenvalue weighted by atomic mass is 10.2. The third kappa shape index (κ3) is 2.81. The molecule has 0 saturated carbocycles. The first-order chi connectivity index (χ1) is 12.1. The van der Waals surface area contributed by atoms with Gasteiger partial charge in [0, 0.05) is 23.7 Å². The van der Waals surface area contributed by atoms with Crippen LogP contribution in [0.1, 0.15) is 5.56 Å². The first-order valence-corrected chi connectivity index (χ1v) is 8.27. The molecule has 25 heavy (non-hydrogen) atoms. The van der Waals surface area contributed by atoms with Crippen LogP contribution in [-0.2, 0) is 0 Å². The van der Waals surface area contributed by atoms with Crippen molar-refractivity contribution in [1.29, 1.82) is 0 Å². The molecular weight excluding hydrogens is 340 g/mol. The molecule has 0 fully saturated rings. The van der Waals surface area contributed by atoms with Gasteiger partial charge in [-0.05, 0) is 24.6 Å². The normalized spacial score (nSPS) is 10.9. The van der Waals surface area contributed by atoms with Crippen LogP contribution in [0, 0.1) is 17.0 Å². The number of hydrogen-bond donors (Lipinski definition) is 1. The minimum absolute atomic E-state index is 0.0355. The largest absolute Gasteiger partial charge is 0.331 e. The number of thiazole rings is 1. The van der Waals surface area contributed by atoms with Gasteiger partial charge in [0.1, 0.15) is 5.69 Å². The molecule has 1 aromatic carbocycles. The maximum absolute atomic E-state index is 10.9. The van der Waals surface area contributed by atoms with E-state index in [1.54, 1.807) is 6.07 Å². The van der Waals surface area contributed by atoms with Crippen molar-refractivity contribution in [2.24, 2.45) is 0 Å². The first kappa shape index (κ1) is 15.2. The molecule has 8 nitrogen and oxygen atoms in total. The Morgan fingerprint density at radius 3 is 2.96 bits per heavy atom. The van der Waals surface area contributed by atoms with Crippen LogP contribution in [0.25, 0.3) is 17.2 Å². The second-order valence-electron chi connectivity index (χ2n) is 5.37. The predicted molar refractivity (Wildman–Crippen MR) is 95.2 cm³/mol. The Bertz CT molecular complexity index is 1090. The number of nitro benzene ring substituents is 1. The maximum atomic E-state index is 10.9. The highest BCUT2D eigenvalue weighted by Gasteiger charge is 2.13. The standard InChI is InChI=1S/C16H12N6O2S/c1-10-5-6-11(22(23)24)8-12(10)17-16-18-13(9-25-16)15-20-19-14-4-2-3-7-21(14)15/h2-9H,1H3,(H,17,18). The van der Waals surface area contributed by atoms with Crippen molar-refractivity contribution < 1.29 is 4.92 Å². The molecule has 0 unspecified atom stereocenters. The second-order valence-corrected chi connectivity index (χ2v) is 6.23. The Hall–Kier alpha value is -3.33. The average Bonchev–Trinajstić information content (AvgIpc) is 3.23. The first-order valence-electron chi connectivity index (χ1n) is 7.39. The number of aromatic nitrogens is 4. The molecule has 4 aromatic rings. The molecule has 3 aromatic heterocycles. The van der Waals surface area contributed by atoms with E-state index in [1.807, 2.05) is 41.1 Å². The quantitative estimate of drug-likeness (QED) is 0.443.